The predicted octanol–water partition coefficient (Wildman–Crippen LogP) is 3.71. The van der Waals surface area contributed by atoms with Gasteiger partial charge in [0.05, 0.1) is 0 Å². The normalized spacial score (nSPS) is 15.3. The van der Waals surface area contributed by atoms with Gasteiger partial charge in [-0.25, -0.2) is 8.78 Å². The van der Waals surface area contributed by atoms with Crippen molar-refractivity contribution in [2.24, 2.45) is 0 Å². The Morgan fingerprint density at radius 3 is 1.00 bits per heavy atom. The molecular weight excluding hydrogens is 342 g/mol. The van der Waals surface area contributed by atoms with Crippen LogP contribution >= 0.6 is 0 Å². The number of hydrogen-bond donors (Lipinski definition) is 0. The van der Waals surface area contributed by atoms with Crippen molar-refractivity contribution in [3.63, 3.8) is 0 Å². The van der Waals surface area contributed by atoms with Gasteiger partial charge in [0.25, 0.3) is 0 Å². The van der Waals surface area contributed by atoms with E-state index >= 15 is 0 Å². The zero-order chi connectivity index (χ0) is 16.1. The van der Waals surface area contributed by atoms with Gasteiger partial charge in [0.15, 0.2) is 0 Å². The van der Waals surface area contributed by atoms with Crippen LogP contribution in [0.15, 0.2) is 0 Å². The summed E-state index contributed by atoms with van der Waals surface area (Å²) in [6.07, 6.45) is -12.9. The van der Waals surface area contributed by atoms with Crippen LogP contribution in [0.2, 0.25) is 0 Å². The molecule has 0 aliphatic heterocycles. The molecule has 0 heterocycles. The van der Waals surface area contributed by atoms with E-state index in [1.54, 1.807) is 0 Å². The van der Waals surface area contributed by atoms with Crippen molar-refractivity contribution in [1.82, 2.24) is 0 Å². The number of alkyl halides is 13. The molecule has 0 spiro atoms. The molecule has 0 aromatic heterocycles. The fraction of sp³-hybridized carbons (Fsp3) is 1.00. The second-order valence-electron chi connectivity index (χ2n) is 3.14. The van der Waals surface area contributed by atoms with Gasteiger partial charge in [-0.3, -0.25) is 0 Å². The Labute approximate surface area is 123 Å². The summed E-state index contributed by atoms with van der Waals surface area (Å²) in [6.45, 7) is 0. The molecule has 0 unspecified atom stereocenters. The summed E-state index contributed by atoms with van der Waals surface area (Å²) < 4.78 is 155. The average molecular weight is 344 g/mol. The number of rotatable bonds is 4. The second kappa shape index (κ2) is 5.71. The van der Waals surface area contributed by atoms with Crippen LogP contribution in [0.25, 0.3) is 0 Å². The molecule has 0 bridgehead atoms. The van der Waals surface area contributed by atoms with Gasteiger partial charge in [-0.05, 0) is 0 Å². The Bertz CT molecular complexity index is 328. The molecule has 0 aromatic carbocycles. The van der Waals surface area contributed by atoms with Gasteiger partial charge < -0.3 is 0 Å². The summed E-state index contributed by atoms with van der Waals surface area (Å²) in [7, 11) is 0. The molecule has 0 atom stereocenters. The first-order chi connectivity index (χ1) is 7.94. The van der Waals surface area contributed by atoms with E-state index in [0.717, 1.165) is 0 Å². The third kappa shape index (κ3) is 2.98. The molecule has 118 valence electrons. The molecule has 0 saturated carbocycles. The third-order valence-electron chi connectivity index (χ3n) is 1.84. The summed E-state index contributed by atoms with van der Waals surface area (Å²) >= 11 is 0. The molecular formula is C6H2F13Na. The third-order valence-corrected chi connectivity index (χ3v) is 1.84. The molecule has 20 heavy (non-hydrogen) atoms. The molecule has 0 nitrogen and oxygen atoms in total. The van der Waals surface area contributed by atoms with Crippen LogP contribution in [0, 0.1) is 0 Å². The van der Waals surface area contributed by atoms with E-state index < -0.39 is 36.3 Å². The van der Waals surface area contributed by atoms with Gasteiger partial charge in [-0.1, -0.05) is 0 Å². The molecule has 14 heteroatoms. The molecule has 0 fully saturated rings. The van der Waals surface area contributed by atoms with Gasteiger partial charge >= 0.3 is 65.8 Å². The van der Waals surface area contributed by atoms with E-state index in [4.69, 9.17) is 0 Å². The van der Waals surface area contributed by atoms with Crippen molar-refractivity contribution in [2.75, 3.05) is 0 Å². The van der Waals surface area contributed by atoms with Crippen molar-refractivity contribution < 1.29 is 57.1 Å². The SMILES string of the molecule is FC(F)C(F)(F)C(F)(F)C(F)(F)C(F)(F)C(F)(F)F.[NaH]. The van der Waals surface area contributed by atoms with Crippen molar-refractivity contribution in [3.05, 3.63) is 0 Å². The van der Waals surface area contributed by atoms with Crippen molar-refractivity contribution in [1.29, 1.82) is 0 Å². The van der Waals surface area contributed by atoms with Gasteiger partial charge in [0, 0.05) is 0 Å². The van der Waals surface area contributed by atoms with Crippen molar-refractivity contribution in [2.45, 2.75) is 36.3 Å². The van der Waals surface area contributed by atoms with Crippen LogP contribution in [0.1, 0.15) is 0 Å². The first-order valence-electron chi connectivity index (χ1n) is 3.80. The Balaban J connectivity index is 0. The minimum atomic E-state index is -7.78. The van der Waals surface area contributed by atoms with E-state index in [9.17, 15) is 57.1 Å². The number of halogens is 13. The molecule has 0 amide bonds. The Morgan fingerprint density at radius 1 is 0.500 bits per heavy atom. The van der Waals surface area contributed by atoms with Crippen LogP contribution in [0.3, 0.4) is 0 Å². The van der Waals surface area contributed by atoms with E-state index in [1.807, 2.05) is 0 Å². The van der Waals surface area contributed by atoms with Gasteiger partial charge in [-0.2, -0.15) is 48.3 Å². The zero-order valence-electron chi connectivity index (χ0n) is 7.99. The molecule has 0 saturated heterocycles. The zero-order valence-corrected chi connectivity index (χ0v) is 7.99. The Hall–Kier alpha value is 0.0900. The van der Waals surface area contributed by atoms with Crippen LogP contribution in [0.4, 0.5) is 57.1 Å². The first-order valence-corrected chi connectivity index (χ1v) is 3.80. The molecule has 0 aliphatic rings. The summed E-state index contributed by atoms with van der Waals surface area (Å²) in [5, 5.41) is 0. The van der Waals surface area contributed by atoms with E-state index in [2.05, 4.69) is 0 Å². The van der Waals surface area contributed by atoms with Crippen molar-refractivity contribution >= 4 is 29.6 Å². The summed E-state index contributed by atoms with van der Waals surface area (Å²) in [5.41, 5.74) is 0. The van der Waals surface area contributed by atoms with Crippen molar-refractivity contribution in [3.8, 4) is 0 Å². The van der Waals surface area contributed by atoms with Crippen LogP contribution in [0.5, 0.6) is 0 Å². The average Bonchev–Trinajstić information content (AvgIpc) is 2.14. The molecule has 0 N–H and O–H groups in total. The monoisotopic (exact) mass is 344 g/mol. The maximum absolute atomic E-state index is 12.3. The standard InChI is InChI=1S/C6HF13.Na.H/c7-1(8)2(9,10)3(11,12)4(13,14)5(15,16)6(17,18)19;;/h1H;;. The summed E-state index contributed by atoms with van der Waals surface area (Å²) in [4.78, 5) is 0. The summed E-state index contributed by atoms with van der Waals surface area (Å²) in [6, 6.07) is 0. The van der Waals surface area contributed by atoms with E-state index in [-0.39, 0.29) is 29.6 Å². The first kappa shape index (κ1) is 22.4. The number of hydrogen-bond acceptors (Lipinski definition) is 0. The van der Waals surface area contributed by atoms with Gasteiger partial charge in [0.1, 0.15) is 0 Å². The fourth-order valence-corrected chi connectivity index (χ4v) is 0.722. The van der Waals surface area contributed by atoms with E-state index in [1.165, 1.54) is 0 Å². The van der Waals surface area contributed by atoms with E-state index in [0.29, 0.717) is 0 Å². The van der Waals surface area contributed by atoms with Crippen LogP contribution in [-0.4, -0.2) is 65.8 Å². The molecule has 0 aliphatic carbocycles. The summed E-state index contributed by atoms with van der Waals surface area (Å²) in [5.74, 6) is -30.1. The van der Waals surface area contributed by atoms with Crippen LogP contribution in [-0.2, 0) is 0 Å². The maximum atomic E-state index is 12.3. The molecule has 0 aromatic rings. The molecule has 0 radical (unpaired) electrons. The quantitative estimate of drug-likeness (QED) is 0.539. The minimum absolute atomic E-state index is 0. The Kier molecular flexibility index (Phi) is 6.38. The fourth-order valence-electron chi connectivity index (χ4n) is 0.722. The van der Waals surface area contributed by atoms with Crippen LogP contribution < -0.4 is 0 Å². The second-order valence-corrected chi connectivity index (χ2v) is 3.14. The van der Waals surface area contributed by atoms with Gasteiger partial charge in [-0.15, -0.1) is 0 Å². The van der Waals surface area contributed by atoms with Gasteiger partial charge in [0.2, 0.25) is 0 Å². The predicted molar refractivity (Wildman–Crippen MR) is 39.0 cm³/mol. The Morgan fingerprint density at radius 2 is 0.800 bits per heavy atom. The molecule has 0 rings (SSSR count). The topological polar surface area (TPSA) is 0 Å².